The molecule has 0 unspecified atom stereocenters. The maximum Gasteiger partial charge on any atom is 0.0369 e. The van der Waals surface area contributed by atoms with Crippen molar-refractivity contribution in [3.63, 3.8) is 0 Å². The number of aryl methyl sites for hydroxylation is 3. The highest BCUT2D eigenvalue weighted by molar-refractivity contribution is 5.58. The van der Waals surface area contributed by atoms with Gasteiger partial charge in [-0.25, -0.2) is 0 Å². The van der Waals surface area contributed by atoms with Gasteiger partial charge in [-0.3, -0.25) is 0 Å². The van der Waals surface area contributed by atoms with Crippen molar-refractivity contribution in [3.8, 4) is 0 Å². The highest BCUT2D eigenvalue weighted by atomic mass is 15.1. The fourth-order valence-electron chi connectivity index (χ4n) is 5.47. The Labute approximate surface area is 221 Å². The van der Waals surface area contributed by atoms with Crippen molar-refractivity contribution in [2.45, 2.75) is 80.1 Å². The molecule has 0 atom stereocenters. The lowest BCUT2D eigenvalue weighted by atomic mass is 9.81. The minimum Gasteiger partial charge on any atom is -0.372 e. The summed E-state index contributed by atoms with van der Waals surface area (Å²) < 4.78 is 0. The van der Waals surface area contributed by atoms with Gasteiger partial charge in [0.25, 0.3) is 0 Å². The fourth-order valence-corrected chi connectivity index (χ4v) is 5.47. The molecule has 0 bridgehead atoms. The fraction of sp³-hybridized carbons (Fsp3) is 0.471. The first-order chi connectivity index (χ1) is 17.4. The minimum absolute atomic E-state index is 0.227. The van der Waals surface area contributed by atoms with Crippen LogP contribution >= 0.6 is 0 Å². The smallest absolute Gasteiger partial charge is 0.0369 e. The lowest BCUT2D eigenvalue weighted by Gasteiger charge is -2.28. The van der Waals surface area contributed by atoms with Crippen LogP contribution < -0.4 is 9.80 Å². The van der Waals surface area contributed by atoms with Crippen molar-refractivity contribution >= 4 is 11.4 Å². The summed E-state index contributed by atoms with van der Waals surface area (Å²) in [6, 6.07) is 23.5. The molecule has 0 spiro atoms. The molecule has 0 saturated carbocycles. The van der Waals surface area contributed by atoms with Crippen molar-refractivity contribution in [1.82, 2.24) is 0 Å². The number of benzene rings is 3. The van der Waals surface area contributed by atoms with Crippen LogP contribution in [-0.2, 0) is 0 Å². The quantitative estimate of drug-likeness (QED) is 0.223. The van der Waals surface area contributed by atoms with E-state index in [0.717, 1.165) is 26.2 Å². The molecule has 3 aromatic rings. The monoisotopic (exact) mass is 484 g/mol. The summed E-state index contributed by atoms with van der Waals surface area (Å²) in [7, 11) is 0. The van der Waals surface area contributed by atoms with Gasteiger partial charge in [-0.2, -0.15) is 0 Å². The molecular weight excluding hydrogens is 436 g/mol. The molecule has 3 aromatic carbocycles. The summed E-state index contributed by atoms with van der Waals surface area (Å²) in [5, 5.41) is 0. The summed E-state index contributed by atoms with van der Waals surface area (Å²) >= 11 is 0. The normalized spacial score (nSPS) is 11.2. The van der Waals surface area contributed by atoms with Crippen molar-refractivity contribution < 1.29 is 0 Å². The van der Waals surface area contributed by atoms with E-state index in [9.17, 15) is 0 Å². The van der Waals surface area contributed by atoms with Crippen LogP contribution in [0.25, 0.3) is 0 Å². The average Bonchev–Trinajstić information content (AvgIpc) is 2.86. The molecule has 2 heteroatoms. The molecule has 0 aliphatic carbocycles. The minimum atomic E-state index is 0.227. The van der Waals surface area contributed by atoms with Crippen molar-refractivity contribution in [1.29, 1.82) is 0 Å². The molecule has 0 aromatic heterocycles. The van der Waals surface area contributed by atoms with E-state index in [1.165, 1.54) is 70.4 Å². The van der Waals surface area contributed by atoms with Gasteiger partial charge < -0.3 is 9.80 Å². The third-order valence-corrected chi connectivity index (χ3v) is 7.24. The predicted molar refractivity (Wildman–Crippen MR) is 160 cm³/mol. The molecule has 3 rings (SSSR count). The molecule has 0 fully saturated rings. The largest absolute Gasteiger partial charge is 0.372 e. The number of rotatable bonds is 13. The zero-order valence-corrected chi connectivity index (χ0v) is 23.9. The first-order valence-electron chi connectivity index (χ1n) is 14.2. The highest BCUT2D eigenvalue weighted by Crippen LogP contribution is 2.38. The maximum atomic E-state index is 2.54. The Hall–Kier alpha value is -2.74. The summed E-state index contributed by atoms with van der Waals surface area (Å²) in [5.41, 5.74) is 10.9. The summed E-state index contributed by atoms with van der Waals surface area (Å²) in [4.78, 5) is 5.07. The van der Waals surface area contributed by atoms with Crippen molar-refractivity contribution in [2.24, 2.45) is 0 Å². The van der Waals surface area contributed by atoms with Crippen LogP contribution in [0, 0.1) is 20.8 Å². The van der Waals surface area contributed by atoms with Gasteiger partial charge in [-0.1, -0.05) is 69.7 Å². The van der Waals surface area contributed by atoms with Crippen molar-refractivity contribution in [2.75, 3.05) is 36.0 Å². The number of nitrogens with zero attached hydrogens (tertiary/aromatic N) is 2. The van der Waals surface area contributed by atoms with E-state index < -0.39 is 0 Å². The van der Waals surface area contributed by atoms with Crippen LogP contribution in [0.15, 0.2) is 60.7 Å². The molecule has 0 saturated heterocycles. The Bertz CT molecular complexity index is 1010. The second kappa shape index (κ2) is 13.5. The van der Waals surface area contributed by atoms with Gasteiger partial charge in [0.05, 0.1) is 0 Å². The summed E-state index contributed by atoms with van der Waals surface area (Å²) in [6.45, 7) is 20.3. The van der Waals surface area contributed by atoms with Gasteiger partial charge in [-0.05, 0) is 98.5 Å². The lowest BCUT2D eigenvalue weighted by molar-refractivity contribution is 0.743. The van der Waals surface area contributed by atoms with Crippen LogP contribution in [0.3, 0.4) is 0 Å². The zero-order chi connectivity index (χ0) is 26.1. The van der Waals surface area contributed by atoms with Gasteiger partial charge >= 0.3 is 0 Å². The average molecular weight is 485 g/mol. The Balaban J connectivity index is 2.08. The van der Waals surface area contributed by atoms with E-state index in [4.69, 9.17) is 0 Å². The first-order valence-corrected chi connectivity index (χ1v) is 14.2. The Kier molecular flexibility index (Phi) is 10.5. The standard InChI is InChI=1S/C34H48N2/c1-8-20-35(21-9-2)30-16-18-32(27(6)24-30)34(29-14-12-26(5)13-15-29)33-19-17-31(25-28(33)7)36(22-10-3)23-11-4/h12-19,24-25,34H,8-11,20-23H2,1-7H3. The third kappa shape index (κ3) is 6.72. The molecule has 0 aliphatic rings. The van der Waals surface area contributed by atoms with Crippen molar-refractivity contribution in [3.05, 3.63) is 94.0 Å². The van der Waals surface area contributed by atoms with Gasteiger partial charge in [0.15, 0.2) is 0 Å². The van der Waals surface area contributed by atoms with Crippen LogP contribution in [-0.4, -0.2) is 26.2 Å². The molecule has 194 valence electrons. The molecule has 2 nitrogen and oxygen atoms in total. The predicted octanol–water partition coefficient (Wildman–Crippen LogP) is 9.04. The molecule has 0 radical (unpaired) electrons. The summed E-state index contributed by atoms with van der Waals surface area (Å²) in [6.07, 6.45) is 4.69. The van der Waals surface area contributed by atoms with E-state index >= 15 is 0 Å². The number of anilines is 2. The molecule has 0 heterocycles. The van der Waals surface area contributed by atoms with Gasteiger partial charge in [0.2, 0.25) is 0 Å². The summed E-state index contributed by atoms with van der Waals surface area (Å²) in [5.74, 6) is 0.227. The molecule has 36 heavy (non-hydrogen) atoms. The van der Waals surface area contributed by atoms with E-state index in [-0.39, 0.29) is 5.92 Å². The first kappa shape index (κ1) is 27.8. The van der Waals surface area contributed by atoms with Crippen LogP contribution in [0.1, 0.15) is 92.7 Å². The third-order valence-electron chi connectivity index (χ3n) is 7.24. The molecule has 0 N–H and O–H groups in total. The van der Waals surface area contributed by atoms with Gasteiger partial charge in [0.1, 0.15) is 0 Å². The Morgan fingerprint density at radius 3 is 1.25 bits per heavy atom. The van der Waals surface area contributed by atoms with E-state index in [1.54, 1.807) is 0 Å². The molecular formula is C34H48N2. The zero-order valence-electron chi connectivity index (χ0n) is 23.9. The van der Waals surface area contributed by atoms with Crippen LogP contribution in [0.4, 0.5) is 11.4 Å². The maximum absolute atomic E-state index is 2.54. The second-order valence-corrected chi connectivity index (χ2v) is 10.4. The van der Waals surface area contributed by atoms with Crippen LogP contribution in [0.2, 0.25) is 0 Å². The van der Waals surface area contributed by atoms with Gasteiger partial charge in [0, 0.05) is 43.5 Å². The highest BCUT2D eigenvalue weighted by Gasteiger charge is 2.22. The topological polar surface area (TPSA) is 6.48 Å². The Morgan fingerprint density at radius 1 is 0.528 bits per heavy atom. The van der Waals surface area contributed by atoms with Crippen LogP contribution in [0.5, 0.6) is 0 Å². The molecule has 0 amide bonds. The lowest BCUT2D eigenvalue weighted by Crippen LogP contribution is -2.25. The number of hydrogen-bond donors (Lipinski definition) is 0. The van der Waals surface area contributed by atoms with E-state index in [2.05, 4.69) is 119 Å². The van der Waals surface area contributed by atoms with E-state index in [1.807, 2.05) is 0 Å². The van der Waals surface area contributed by atoms with Gasteiger partial charge in [-0.15, -0.1) is 0 Å². The second-order valence-electron chi connectivity index (χ2n) is 10.4. The Morgan fingerprint density at radius 2 is 0.917 bits per heavy atom. The number of hydrogen-bond acceptors (Lipinski definition) is 2. The van der Waals surface area contributed by atoms with E-state index in [0.29, 0.717) is 0 Å². The SMILES string of the molecule is CCCN(CCC)c1ccc(C(c2ccc(C)cc2)c2ccc(N(CCC)CCC)cc2C)c(C)c1. The molecule has 0 aliphatic heterocycles.